The molecule has 1 fully saturated rings. The number of hydrogen-bond donors (Lipinski definition) is 2. The van der Waals surface area contributed by atoms with E-state index in [1.54, 1.807) is 0 Å². The van der Waals surface area contributed by atoms with E-state index < -0.39 is 4.50 Å². The Morgan fingerprint density at radius 3 is 2.67 bits per heavy atom. The van der Waals surface area contributed by atoms with Crippen LogP contribution in [0.3, 0.4) is 0 Å². The Morgan fingerprint density at radius 2 is 2.33 bits per heavy atom. The topological polar surface area (TPSA) is 40.5 Å². The first kappa shape index (κ1) is 8.06. The number of aliphatic hydroxyl groups excluding tert-OH is 1. The maximum absolute atomic E-state index is 9.43. The Morgan fingerprint density at radius 1 is 1.67 bits per heavy atom. The second-order valence-electron chi connectivity index (χ2n) is 2.26. The molecule has 0 aromatic rings. The van der Waals surface area contributed by atoms with E-state index in [9.17, 15) is 5.11 Å². The van der Waals surface area contributed by atoms with E-state index in [1.165, 1.54) is 0 Å². The predicted molar refractivity (Wildman–Crippen MR) is 37.8 cm³/mol. The van der Waals surface area contributed by atoms with Crippen LogP contribution < -0.4 is 0 Å². The van der Waals surface area contributed by atoms with E-state index in [0.29, 0.717) is 15.0 Å². The minimum atomic E-state index is -0.509. The Balaban J connectivity index is 2.41. The normalized spacial score (nSPS) is 45.0. The van der Waals surface area contributed by atoms with Gasteiger partial charge in [-0.3, -0.25) is 0 Å². The first-order valence-electron chi connectivity index (χ1n) is 2.76. The Bertz CT molecular complexity index is 105. The van der Waals surface area contributed by atoms with Crippen molar-refractivity contribution in [3.63, 3.8) is 0 Å². The van der Waals surface area contributed by atoms with Crippen LogP contribution >= 0.6 is 0 Å². The van der Waals surface area contributed by atoms with Gasteiger partial charge < -0.3 is 0 Å². The van der Waals surface area contributed by atoms with Gasteiger partial charge in [-0.05, 0) is 0 Å². The van der Waals surface area contributed by atoms with Crippen molar-refractivity contribution < 1.29 is 10.2 Å². The van der Waals surface area contributed by atoms with Gasteiger partial charge in [-0.25, -0.2) is 0 Å². The first-order valence-corrected chi connectivity index (χ1v) is 7.03. The quantitative estimate of drug-likeness (QED) is 0.564. The molecule has 0 saturated carbocycles. The molecule has 0 spiro atoms. The average molecular weight is 260 g/mol. The molecule has 2 unspecified atom stereocenters. The van der Waals surface area contributed by atoms with Crippen LogP contribution in [0.5, 0.6) is 0 Å². The molecule has 2 atom stereocenters. The third-order valence-corrected chi connectivity index (χ3v) is 8.07. The van der Waals surface area contributed by atoms with Crippen molar-refractivity contribution in [1.82, 2.24) is 0 Å². The molecule has 0 amide bonds. The third-order valence-electron chi connectivity index (χ3n) is 1.02. The summed E-state index contributed by atoms with van der Waals surface area (Å²) in [4.78, 5) is 0. The van der Waals surface area contributed by atoms with Gasteiger partial charge in [-0.1, -0.05) is 0 Å². The zero-order valence-corrected chi connectivity index (χ0v) is 8.63. The van der Waals surface area contributed by atoms with E-state index in [-0.39, 0.29) is 20.0 Å². The summed E-state index contributed by atoms with van der Waals surface area (Å²) in [5, 5.41) is 20.3. The van der Waals surface area contributed by atoms with Crippen molar-refractivity contribution >= 4 is 29.9 Å². The van der Waals surface area contributed by atoms with Crippen molar-refractivity contribution in [3.8, 4) is 0 Å². The maximum atomic E-state index is 9.43. The molecule has 1 saturated heterocycles. The summed E-state index contributed by atoms with van der Waals surface area (Å²) in [6.07, 6.45) is 0. The molecular formula is C5H10O2Se2. The van der Waals surface area contributed by atoms with Gasteiger partial charge in [0.15, 0.2) is 0 Å². The molecule has 1 rings (SSSR count). The summed E-state index contributed by atoms with van der Waals surface area (Å²) in [5.41, 5.74) is 0. The minimum absolute atomic E-state index is 0.0347. The molecule has 54 valence electrons. The molecule has 2 N–H and O–H groups in total. The van der Waals surface area contributed by atoms with Crippen LogP contribution in [0.25, 0.3) is 0 Å². The van der Waals surface area contributed by atoms with Crippen LogP contribution in [0.1, 0.15) is 6.92 Å². The van der Waals surface area contributed by atoms with E-state index in [1.807, 2.05) is 6.92 Å². The van der Waals surface area contributed by atoms with Gasteiger partial charge in [0.2, 0.25) is 0 Å². The van der Waals surface area contributed by atoms with Gasteiger partial charge in [-0.15, -0.1) is 0 Å². The monoisotopic (exact) mass is 262 g/mol. The molecule has 0 aromatic heterocycles. The van der Waals surface area contributed by atoms with Gasteiger partial charge in [-0.2, -0.15) is 0 Å². The molecule has 0 bridgehead atoms. The van der Waals surface area contributed by atoms with Crippen molar-refractivity contribution in [1.29, 1.82) is 0 Å². The summed E-state index contributed by atoms with van der Waals surface area (Å²) in [7, 11) is 0. The van der Waals surface area contributed by atoms with Gasteiger partial charge in [0.1, 0.15) is 0 Å². The van der Waals surface area contributed by atoms with Crippen molar-refractivity contribution in [3.05, 3.63) is 0 Å². The first-order chi connectivity index (χ1) is 4.10. The third kappa shape index (κ3) is 2.58. The zero-order chi connectivity index (χ0) is 6.91. The predicted octanol–water partition coefficient (Wildman–Crippen LogP) is -0.728. The molecule has 1 aliphatic heterocycles. The SMILES string of the molecule is CC1(O)C[Se]CC(O)[Se]1. The van der Waals surface area contributed by atoms with E-state index in [4.69, 9.17) is 5.11 Å². The van der Waals surface area contributed by atoms with Gasteiger partial charge in [0.05, 0.1) is 0 Å². The second kappa shape index (κ2) is 2.91. The van der Waals surface area contributed by atoms with Crippen molar-refractivity contribution in [2.24, 2.45) is 0 Å². The Hall–Kier alpha value is 0.959. The zero-order valence-electron chi connectivity index (χ0n) is 5.20. The number of aliphatic hydroxyl groups is 2. The molecule has 9 heavy (non-hydrogen) atoms. The standard InChI is InChI=1S/C5H10O2Se2/c1-5(7)3-8-2-4(6)9-5/h4,6-7H,2-3H2,1H3. The summed E-state index contributed by atoms with van der Waals surface area (Å²) in [5.74, 6) is 0. The van der Waals surface area contributed by atoms with E-state index in [0.717, 1.165) is 10.6 Å². The van der Waals surface area contributed by atoms with Crippen LogP contribution in [-0.4, -0.2) is 49.6 Å². The molecule has 0 radical (unpaired) electrons. The van der Waals surface area contributed by atoms with Crippen LogP contribution in [0.15, 0.2) is 0 Å². The van der Waals surface area contributed by atoms with Gasteiger partial charge >= 0.3 is 67.2 Å². The second-order valence-corrected chi connectivity index (χ2v) is 7.91. The van der Waals surface area contributed by atoms with Crippen LogP contribution in [0, 0.1) is 0 Å². The molecule has 4 heteroatoms. The van der Waals surface area contributed by atoms with Crippen molar-refractivity contribution in [2.75, 3.05) is 0 Å². The Kier molecular flexibility index (Phi) is 2.61. The molecule has 1 heterocycles. The fourth-order valence-electron chi connectivity index (χ4n) is 0.710. The summed E-state index contributed by atoms with van der Waals surface area (Å²) in [6, 6.07) is 0. The summed E-state index contributed by atoms with van der Waals surface area (Å²) in [6.45, 7) is 1.83. The van der Waals surface area contributed by atoms with E-state index >= 15 is 0 Å². The van der Waals surface area contributed by atoms with Crippen LogP contribution in [0.2, 0.25) is 10.6 Å². The summed E-state index contributed by atoms with van der Waals surface area (Å²) >= 11 is 0.510. The van der Waals surface area contributed by atoms with Gasteiger partial charge in [0.25, 0.3) is 0 Å². The van der Waals surface area contributed by atoms with E-state index in [2.05, 4.69) is 0 Å². The number of hydrogen-bond acceptors (Lipinski definition) is 2. The molecule has 0 aliphatic carbocycles. The summed E-state index contributed by atoms with van der Waals surface area (Å²) < 4.78 is -0.509. The molecule has 0 aromatic carbocycles. The fraction of sp³-hybridized carbons (Fsp3) is 1.00. The Labute approximate surface area is 67.3 Å². The average Bonchev–Trinajstić information content (AvgIpc) is 1.60. The number of rotatable bonds is 0. The molecule has 1 aliphatic rings. The fourth-order valence-corrected chi connectivity index (χ4v) is 7.13. The van der Waals surface area contributed by atoms with Crippen LogP contribution in [-0.2, 0) is 0 Å². The molecular weight excluding hydrogens is 250 g/mol. The van der Waals surface area contributed by atoms with Crippen LogP contribution in [0.4, 0.5) is 0 Å². The molecule has 2 nitrogen and oxygen atoms in total. The van der Waals surface area contributed by atoms with Crippen molar-refractivity contribution in [2.45, 2.75) is 27.1 Å². The van der Waals surface area contributed by atoms with Gasteiger partial charge in [0, 0.05) is 0 Å².